The first-order chi connectivity index (χ1) is 8.54. The minimum atomic E-state index is -0.360. The molecule has 96 valence electrons. The molecular weight excluding hydrogens is 293 g/mol. The third-order valence-electron chi connectivity index (χ3n) is 4.01. The van der Waals surface area contributed by atoms with Gasteiger partial charge < -0.3 is 0 Å². The van der Waals surface area contributed by atoms with Crippen molar-refractivity contribution in [3.8, 4) is 6.07 Å². The fraction of sp³-hybridized carbons (Fsp3) is 0.533. The lowest BCUT2D eigenvalue weighted by molar-refractivity contribution is 0.217. The molecule has 2 rings (SSSR count). The summed E-state index contributed by atoms with van der Waals surface area (Å²) in [5, 5.41) is 9.45. The van der Waals surface area contributed by atoms with Crippen molar-refractivity contribution < 1.29 is 4.39 Å². The summed E-state index contributed by atoms with van der Waals surface area (Å²) in [5.74, 6) is 0.485. The highest BCUT2D eigenvalue weighted by Crippen LogP contribution is 2.41. The van der Waals surface area contributed by atoms with Crippen LogP contribution in [0.5, 0.6) is 0 Å². The molecule has 0 atom stereocenters. The molecule has 3 heteroatoms. The van der Waals surface area contributed by atoms with Gasteiger partial charge in [-0.25, -0.2) is 4.39 Å². The van der Waals surface area contributed by atoms with Gasteiger partial charge in [0.2, 0.25) is 0 Å². The minimum Gasteiger partial charge on any atom is -0.207 e. The molecule has 0 bridgehead atoms. The van der Waals surface area contributed by atoms with Crippen molar-refractivity contribution in [2.45, 2.75) is 39.0 Å². The summed E-state index contributed by atoms with van der Waals surface area (Å²) in [6, 6.07) is 7.56. The van der Waals surface area contributed by atoms with Crippen LogP contribution in [0.15, 0.2) is 22.7 Å². The van der Waals surface area contributed by atoms with Gasteiger partial charge in [-0.15, -0.1) is 0 Å². The summed E-state index contributed by atoms with van der Waals surface area (Å²) in [5.41, 5.74) is 0.301. The maximum Gasteiger partial charge on any atom is 0.127 e. The number of halogens is 2. The standard InChI is InChI=1S/C15H17BrFN/c1-11-4-6-15(10-18,7-5-11)9-12-2-3-13(16)8-14(12)17/h2-3,8,11H,4-7,9H2,1H3. The Morgan fingerprint density at radius 3 is 2.67 bits per heavy atom. The Balaban J connectivity index is 2.18. The Hall–Kier alpha value is -0.880. The van der Waals surface area contributed by atoms with Gasteiger partial charge in [0.05, 0.1) is 11.5 Å². The lowest BCUT2D eigenvalue weighted by Gasteiger charge is -2.33. The molecule has 0 aromatic heterocycles. The largest absolute Gasteiger partial charge is 0.207 e. The van der Waals surface area contributed by atoms with E-state index in [9.17, 15) is 9.65 Å². The van der Waals surface area contributed by atoms with Crippen molar-refractivity contribution in [2.75, 3.05) is 0 Å². The van der Waals surface area contributed by atoms with Crippen molar-refractivity contribution in [3.63, 3.8) is 0 Å². The zero-order valence-electron chi connectivity index (χ0n) is 10.5. The number of hydrogen-bond acceptors (Lipinski definition) is 1. The van der Waals surface area contributed by atoms with E-state index in [4.69, 9.17) is 0 Å². The highest BCUT2D eigenvalue weighted by atomic mass is 79.9. The van der Waals surface area contributed by atoms with E-state index in [1.54, 1.807) is 6.07 Å². The van der Waals surface area contributed by atoms with Crippen LogP contribution < -0.4 is 0 Å². The van der Waals surface area contributed by atoms with Crippen molar-refractivity contribution >= 4 is 15.9 Å². The maximum absolute atomic E-state index is 13.8. The smallest absolute Gasteiger partial charge is 0.127 e. The summed E-state index contributed by atoms with van der Waals surface area (Å²) in [4.78, 5) is 0. The summed E-state index contributed by atoms with van der Waals surface area (Å²) in [6.45, 7) is 2.22. The van der Waals surface area contributed by atoms with E-state index in [2.05, 4.69) is 28.9 Å². The average molecular weight is 310 g/mol. The first-order valence-corrected chi connectivity index (χ1v) is 7.19. The van der Waals surface area contributed by atoms with E-state index >= 15 is 0 Å². The molecule has 0 unspecified atom stereocenters. The van der Waals surface area contributed by atoms with Gasteiger partial charge in [-0.1, -0.05) is 28.9 Å². The van der Waals surface area contributed by atoms with Crippen LogP contribution in [0.3, 0.4) is 0 Å². The first-order valence-electron chi connectivity index (χ1n) is 6.40. The molecule has 1 saturated carbocycles. The van der Waals surface area contributed by atoms with E-state index < -0.39 is 0 Å². The Bertz CT molecular complexity index is 470. The van der Waals surface area contributed by atoms with E-state index in [1.807, 2.05) is 6.07 Å². The van der Waals surface area contributed by atoms with E-state index in [1.165, 1.54) is 6.07 Å². The normalized spacial score (nSPS) is 27.8. The summed E-state index contributed by atoms with van der Waals surface area (Å²) in [6.07, 6.45) is 4.47. The molecule has 0 saturated heterocycles. The molecule has 1 aromatic carbocycles. The molecule has 18 heavy (non-hydrogen) atoms. The fourth-order valence-corrected chi connectivity index (χ4v) is 3.01. The minimum absolute atomic E-state index is 0.211. The van der Waals surface area contributed by atoms with E-state index in [0.717, 1.165) is 30.2 Å². The zero-order valence-corrected chi connectivity index (χ0v) is 12.1. The van der Waals surface area contributed by atoms with Crippen molar-refractivity contribution in [1.29, 1.82) is 5.26 Å². The van der Waals surface area contributed by atoms with Crippen molar-refractivity contribution in [3.05, 3.63) is 34.1 Å². The Labute approximate surface area is 116 Å². The van der Waals surface area contributed by atoms with Crippen LogP contribution in [0, 0.1) is 28.5 Å². The molecule has 1 fully saturated rings. The molecule has 0 aliphatic heterocycles. The van der Waals surface area contributed by atoms with E-state index in [-0.39, 0.29) is 11.2 Å². The van der Waals surface area contributed by atoms with Gasteiger partial charge in [0.25, 0.3) is 0 Å². The molecule has 0 heterocycles. The molecular formula is C15H17BrFN. The lowest BCUT2D eigenvalue weighted by Crippen LogP contribution is -2.28. The third kappa shape index (κ3) is 2.92. The molecule has 0 N–H and O–H groups in total. The van der Waals surface area contributed by atoms with Crippen LogP contribution in [0.4, 0.5) is 4.39 Å². The van der Waals surface area contributed by atoms with Gasteiger partial charge >= 0.3 is 0 Å². The number of hydrogen-bond donors (Lipinski definition) is 0. The second-order valence-corrected chi connectivity index (χ2v) is 6.40. The lowest BCUT2D eigenvalue weighted by atomic mass is 9.69. The van der Waals surface area contributed by atoms with Gasteiger partial charge in [-0.05, 0) is 55.7 Å². The molecule has 0 amide bonds. The number of nitrogens with zero attached hydrogens (tertiary/aromatic N) is 1. The number of nitriles is 1. The molecule has 1 nitrogen and oxygen atoms in total. The van der Waals surface area contributed by atoms with Crippen LogP contribution in [0.25, 0.3) is 0 Å². The fourth-order valence-electron chi connectivity index (χ4n) is 2.67. The first kappa shape index (κ1) is 13.5. The van der Waals surface area contributed by atoms with Crippen molar-refractivity contribution in [2.24, 2.45) is 11.3 Å². The van der Waals surface area contributed by atoms with Crippen LogP contribution >= 0.6 is 15.9 Å². The van der Waals surface area contributed by atoms with Crippen LogP contribution in [-0.4, -0.2) is 0 Å². The predicted molar refractivity (Wildman–Crippen MR) is 73.5 cm³/mol. The van der Waals surface area contributed by atoms with Gasteiger partial charge in [-0.2, -0.15) is 5.26 Å². The molecule has 1 aliphatic carbocycles. The Morgan fingerprint density at radius 1 is 1.44 bits per heavy atom. The second-order valence-electron chi connectivity index (χ2n) is 5.49. The molecule has 1 aliphatic rings. The summed E-state index contributed by atoms with van der Waals surface area (Å²) >= 11 is 3.25. The quantitative estimate of drug-likeness (QED) is 0.766. The third-order valence-corrected chi connectivity index (χ3v) is 4.51. The van der Waals surface area contributed by atoms with E-state index in [0.29, 0.717) is 17.9 Å². The van der Waals surface area contributed by atoms with Gasteiger partial charge in [0.1, 0.15) is 5.82 Å². The predicted octanol–water partition coefficient (Wildman–Crippen LogP) is 4.85. The Kier molecular flexibility index (Phi) is 4.07. The number of rotatable bonds is 2. The monoisotopic (exact) mass is 309 g/mol. The SMILES string of the molecule is CC1CCC(C#N)(Cc2ccc(Br)cc2F)CC1. The number of benzene rings is 1. The highest BCUT2D eigenvalue weighted by Gasteiger charge is 2.35. The van der Waals surface area contributed by atoms with Gasteiger partial charge in [0.15, 0.2) is 0 Å². The average Bonchev–Trinajstić information content (AvgIpc) is 2.36. The van der Waals surface area contributed by atoms with Crippen LogP contribution in [0.1, 0.15) is 38.2 Å². The van der Waals surface area contributed by atoms with Crippen molar-refractivity contribution in [1.82, 2.24) is 0 Å². The van der Waals surface area contributed by atoms with Crippen LogP contribution in [0.2, 0.25) is 0 Å². The second kappa shape index (κ2) is 5.40. The molecule has 0 spiro atoms. The summed E-state index contributed by atoms with van der Waals surface area (Å²) < 4.78 is 14.6. The van der Waals surface area contributed by atoms with Crippen LogP contribution in [-0.2, 0) is 6.42 Å². The molecule has 0 radical (unpaired) electrons. The molecule has 1 aromatic rings. The zero-order chi connectivity index (χ0) is 13.2. The topological polar surface area (TPSA) is 23.8 Å². The maximum atomic E-state index is 13.8. The summed E-state index contributed by atoms with van der Waals surface area (Å²) in [7, 11) is 0. The Morgan fingerprint density at radius 2 is 2.11 bits per heavy atom. The van der Waals surface area contributed by atoms with Gasteiger partial charge in [-0.3, -0.25) is 0 Å². The van der Waals surface area contributed by atoms with Gasteiger partial charge in [0, 0.05) is 4.47 Å². The highest BCUT2D eigenvalue weighted by molar-refractivity contribution is 9.10.